The van der Waals surface area contributed by atoms with Crippen molar-refractivity contribution in [2.24, 2.45) is 0 Å². The van der Waals surface area contributed by atoms with Gasteiger partial charge in [-0.2, -0.15) is 0 Å². The first-order valence-corrected chi connectivity index (χ1v) is 9.11. The molecule has 0 saturated carbocycles. The third kappa shape index (κ3) is 3.40. The second-order valence-corrected chi connectivity index (χ2v) is 6.90. The molecule has 0 aliphatic carbocycles. The fourth-order valence-electron chi connectivity index (χ4n) is 3.60. The number of rotatable bonds is 4. The lowest BCUT2D eigenvalue weighted by atomic mass is 10.0. The number of benzene rings is 1. The number of ether oxygens (including phenoxy) is 1. The monoisotopic (exact) mass is 423 g/mol. The minimum absolute atomic E-state index is 0.0112. The van der Waals surface area contributed by atoms with Gasteiger partial charge in [-0.25, -0.2) is 31.9 Å². The van der Waals surface area contributed by atoms with Crippen molar-refractivity contribution in [2.45, 2.75) is 25.3 Å². The average Bonchev–Trinajstić information content (AvgIpc) is 3.18. The first kappa shape index (κ1) is 19.9. The molecule has 2 N–H and O–H groups in total. The Hall–Kier alpha value is -3.37. The van der Waals surface area contributed by atoms with Crippen LogP contribution in [0.5, 0.6) is 0 Å². The van der Waals surface area contributed by atoms with Crippen LogP contribution >= 0.6 is 0 Å². The molecule has 1 saturated heterocycles. The van der Waals surface area contributed by atoms with E-state index in [-0.39, 0.29) is 35.0 Å². The molecule has 11 heteroatoms. The highest BCUT2D eigenvalue weighted by molar-refractivity contribution is 6.00. The summed E-state index contributed by atoms with van der Waals surface area (Å²) in [6.45, 7) is 0.951. The van der Waals surface area contributed by atoms with Gasteiger partial charge in [-0.3, -0.25) is 0 Å². The number of hydrogen-bond acceptors (Lipinski definition) is 6. The maximum Gasteiger partial charge on any atom is 0.345 e. The van der Waals surface area contributed by atoms with Gasteiger partial charge in [0.25, 0.3) is 5.92 Å². The summed E-state index contributed by atoms with van der Waals surface area (Å²) in [6.07, 6.45) is 0.679. The van der Waals surface area contributed by atoms with E-state index in [4.69, 9.17) is 10.5 Å². The molecule has 0 spiro atoms. The smallest absolute Gasteiger partial charge is 0.345 e. The Bertz CT molecular complexity index is 1130. The van der Waals surface area contributed by atoms with Crippen molar-refractivity contribution in [3.8, 4) is 0 Å². The molecule has 1 atom stereocenters. The first-order chi connectivity index (χ1) is 14.2. The Balaban J connectivity index is 1.82. The summed E-state index contributed by atoms with van der Waals surface area (Å²) in [5.41, 5.74) is 5.50. The standard InChI is InChI=1S/C19H17F4N5O2/c1-2-30-18(29)15-16(24)26-28-6-5-14(25-17(15)28)27-9-19(22,23)8-13(27)11-7-10(20)3-4-12(11)21/h3-7,13H,2,8-9H2,1H3,(H2,24,26). The highest BCUT2D eigenvalue weighted by atomic mass is 19.3. The molecule has 30 heavy (non-hydrogen) atoms. The van der Waals surface area contributed by atoms with Gasteiger partial charge in [0.05, 0.1) is 19.2 Å². The molecule has 7 nitrogen and oxygen atoms in total. The maximum atomic E-state index is 14.3. The van der Waals surface area contributed by atoms with Gasteiger partial charge in [-0.05, 0) is 31.2 Å². The van der Waals surface area contributed by atoms with E-state index in [0.29, 0.717) is 0 Å². The van der Waals surface area contributed by atoms with Crippen molar-refractivity contribution in [1.29, 1.82) is 0 Å². The van der Waals surface area contributed by atoms with Gasteiger partial charge in [-0.1, -0.05) is 0 Å². The Labute approximate surface area is 168 Å². The minimum atomic E-state index is -3.15. The van der Waals surface area contributed by atoms with Crippen LogP contribution in [0.1, 0.15) is 35.3 Å². The minimum Gasteiger partial charge on any atom is -0.462 e. The van der Waals surface area contributed by atoms with Gasteiger partial charge in [0, 0.05) is 18.2 Å². The van der Waals surface area contributed by atoms with Crippen molar-refractivity contribution < 1.29 is 27.1 Å². The summed E-state index contributed by atoms with van der Waals surface area (Å²) in [4.78, 5) is 17.7. The van der Waals surface area contributed by atoms with Crippen LogP contribution in [0.2, 0.25) is 0 Å². The molecule has 0 radical (unpaired) electrons. The van der Waals surface area contributed by atoms with E-state index < -0.39 is 42.5 Å². The fourth-order valence-corrected chi connectivity index (χ4v) is 3.60. The van der Waals surface area contributed by atoms with E-state index in [0.717, 1.165) is 18.2 Å². The largest absolute Gasteiger partial charge is 0.462 e. The third-order valence-corrected chi connectivity index (χ3v) is 4.86. The van der Waals surface area contributed by atoms with E-state index in [1.165, 1.54) is 21.7 Å². The molecular formula is C19H17F4N5O2. The van der Waals surface area contributed by atoms with Crippen LogP contribution in [-0.4, -0.2) is 39.6 Å². The molecule has 1 aromatic carbocycles. The highest BCUT2D eigenvalue weighted by Gasteiger charge is 2.47. The summed E-state index contributed by atoms with van der Waals surface area (Å²) in [7, 11) is 0. The number of esters is 1. The van der Waals surface area contributed by atoms with Crippen molar-refractivity contribution in [1.82, 2.24) is 14.6 Å². The van der Waals surface area contributed by atoms with E-state index in [1.807, 2.05) is 0 Å². The van der Waals surface area contributed by atoms with Crippen molar-refractivity contribution in [2.75, 3.05) is 23.8 Å². The Morgan fingerprint density at radius 3 is 2.83 bits per heavy atom. The van der Waals surface area contributed by atoms with Crippen molar-refractivity contribution >= 4 is 23.3 Å². The quantitative estimate of drug-likeness (QED) is 0.512. The van der Waals surface area contributed by atoms with E-state index >= 15 is 0 Å². The lowest BCUT2D eigenvalue weighted by molar-refractivity contribution is 0.0221. The lowest BCUT2D eigenvalue weighted by Gasteiger charge is -2.25. The number of fused-ring (bicyclic) bond motifs is 1. The Morgan fingerprint density at radius 1 is 1.33 bits per heavy atom. The zero-order valence-corrected chi connectivity index (χ0v) is 15.8. The summed E-state index contributed by atoms with van der Waals surface area (Å²) >= 11 is 0. The molecular weight excluding hydrogens is 406 g/mol. The van der Waals surface area contributed by atoms with Crippen LogP contribution in [0.25, 0.3) is 5.65 Å². The van der Waals surface area contributed by atoms with Crippen LogP contribution in [-0.2, 0) is 4.74 Å². The van der Waals surface area contributed by atoms with E-state index in [1.54, 1.807) is 6.92 Å². The Morgan fingerprint density at radius 2 is 2.10 bits per heavy atom. The predicted molar refractivity (Wildman–Crippen MR) is 99.4 cm³/mol. The van der Waals surface area contributed by atoms with Gasteiger partial charge in [0.2, 0.25) is 0 Å². The van der Waals surface area contributed by atoms with Gasteiger partial charge >= 0.3 is 5.97 Å². The number of anilines is 2. The van der Waals surface area contributed by atoms with Gasteiger partial charge in [0.1, 0.15) is 23.0 Å². The zero-order chi connectivity index (χ0) is 21.6. The number of aromatic nitrogens is 3. The van der Waals surface area contributed by atoms with Crippen LogP contribution in [0.4, 0.5) is 29.2 Å². The second kappa shape index (κ2) is 7.15. The van der Waals surface area contributed by atoms with Crippen molar-refractivity contribution in [3.63, 3.8) is 0 Å². The molecule has 2 aromatic heterocycles. The normalized spacial score (nSPS) is 18.2. The molecule has 3 heterocycles. The van der Waals surface area contributed by atoms with Crippen molar-refractivity contribution in [3.05, 3.63) is 53.2 Å². The number of nitrogen functional groups attached to an aromatic ring is 1. The topological polar surface area (TPSA) is 85.8 Å². The second-order valence-electron chi connectivity index (χ2n) is 6.90. The lowest BCUT2D eigenvalue weighted by Crippen LogP contribution is -2.27. The van der Waals surface area contributed by atoms with E-state index in [2.05, 4.69) is 10.1 Å². The molecule has 1 fully saturated rings. The molecule has 0 amide bonds. The third-order valence-electron chi connectivity index (χ3n) is 4.86. The first-order valence-electron chi connectivity index (χ1n) is 9.11. The van der Waals surface area contributed by atoms with Crippen LogP contribution in [0, 0.1) is 11.6 Å². The number of alkyl halides is 2. The molecule has 4 rings (SSSR count). The van der Waals surface area contributed by atoms with Gasteiger partial charge in [0.15, 0.2) is 11.5 Å². The van der Waals surface area contributed by atoms with E-state index in [9.17, 15) is 22.4 Å². The van der Waals surface area contributed by atoms with Gasteiger partial charge in [-0.15, -0.1) is 5.10 Å². The summed E-state index contributed by atoms with van der Waals surface area (Å²) in [5, 5.41) is 3.97. The zero-order valence-electron chi connectivity index (χ0n) is 15.8. The molecule has 0 bridgehead atoms. The molecule has 1 aliphatic heterocycles. The number of halogens is 4. The number of carbonyl (C=O) groups is 1. The fraction of sp³-hybridized carbons (Fsp3) is 0.316. The number of nitrogens with two attached hydrogens (primary N) is 1. The highest BCUT2D eigenvalue weighted by Crippen LogP contribution is 2.44. The average molecular weight is 423 g/mol. The maximum absolute atomic E-state index is 14.3. The SMILES string of the molecule is CCOC(=O)c1c(N)nn2ccc(N3CC(F)(F)CC3c3cc(F)ccc3F)nc12. The predicted octanol–water partition coefficient (Wildman–Crippen LogP) is 3.35. The number of carbonyl (C=O) groups excluding carboxylic acids is 1. The number of hydrogen-bond donors (Lipinski definition) is 1. The molecule has 1 unspecified atom stereocenters. The Kier molecular flexibility index (Phi) is 4.75. The summed E-state index contributed by atoms with van der Waals surface area (Å²) < 4.78 is 62.7. The molecule has 1 aliphatic rings. The summed E-state index contributed by atoms with van der Waals surface area (Å²) in [6, 6.07) is 2.94. The van der Waals surface area contributed by atoms with Gasteiger partial charge < -0.3 is 15.4 Å². The molecule has 158 valence electrons. The van der Waals surface area contributed by atoms with Crippen LogP contribution in [0.15, 0.2) is 30.5 Å². The summed E-state index contributed by atoms with van der Waals surface area (Å²) in [5.74, 6) is -5.53. The van der Waals surface area contributed by atoms with Crippen LogP contribution < -0.4 is 10.6 Å². The van der Waals surface area contributed by atoms with Crippen LogP contribution in [0.3, 0.4) is 0 Å². The molecule has 3 aromatic rings. The number of nitrogens with zero attached hydrogens (tertiary/aromatic N) is 4.